The summed E-state index contributed by atoms with van der Waals surface area (Å²) in [6, 6.07) is 0. The van der Waals surface area contributed by atoms with Crippen molar-refractivity contribution in [3.63, 3.8) is 0 Å². The third kappa shape index (κ3) is 61.9. The third-order valence-electron chi connectivity index (χ3n) is 12.2. The molecule has 0 amide bonds. The number of carbonyl (C=O) groups is 3. The van der Waals surface area contributed by atoms with Crippen LogP contribution < -0.4 is 0 Å². The fourth-order valence-corrected chi connectivity index (χ4v) is 7.48. The standard InChI is InChI=1S/C72H111NO8/c1-6-8-10-12-14-16-18-20-22-23-24-25-26-27-28-29-30-31-32-33-34-35-36-37-38-39-40-41-42-43-44-45-46-47-49-51-53-55-57-59-61-63-70(75)81-68(67-80-72(71(76)77)78-65-64-73(3,4)5)66-79-69(74)62-60-58-56-54-52-50-48-21-19-17-15-13-11-9-7-2/h8-11,14-17,20-22,24-25,27-28,30-31,33-34,36-37,39-40,42-43,45-46,48,52,54,68,72H,6-7,12-13,18-19,23,26,29,32,35,38,41,44,47,49-51,53,55-67H2,1-5H3/p+1/b10-8-,11-9-,16-14-,17-15-,22-20-,25-24-,28-27-,31-30-,34-33-,37-36-,40-39-,43-42-,46-45-,48-21-,54-52-. The fraction of sp³-hybridized carbons (Fsp3) is 0.542. The average Bonchev–Trinajstić information content (AvgIpc) is 3.44. The number of carboxylic acid groups (broad SMARTS) is 1. The van der Waals surface area contributed by atoms with Gasteiger partial charge in [-0.3, -0.25) is 9.59 Å². The van der Waals surface area contributed by atoms with Gasteiger partial charge in [0, 0.05) is 12.8 Å². The molecule has 2 unspecified atom stereocenters. The first kappa shape index (κ1) is 75.4. The van der Waals surface area contributed by atoms with Gasteiger partial charge in [-0.1, -0.05) is 228 Å². The molecule has 0 bridgehead atoms. The lowest BCUT2D eigenvalue weighted by atomic mass is 10.1. The van der Waals surface area contributed by atoms with Crippen LogP contribution in [0.5, 0.6) is 0 Å². The molecule has 0 saturated heterocycles. The van der Waals surface area contributed by atoms with Crippen LogP contribution in [-0.4, -0.2) is 87.4 Å². The number of quaternary nitrogens is 1. The van der Waals surface area contributed by atoms with Crippen molar-refractivity contribution in [2.45, 2.75) is 206 Å². The fourth-order valence-electron chi connectivity index (χ4n) is 7.48. The third-order valence-corrected chi connectivity index (χ3v) is 12.2. The van der Waals surface area contributed by atoms with Crippen molar-refractivity contribution < 1.29 is 42.9 Å². The predicted molar refractivity (Wildman–Crippen MR) is 345 cm³/mol. The highest BCUT2D eigenvalue weighted by molar-refractivity contribution is 5.71. The highest BCUT2D eigenvalue weighted by atomic mass is 16.7. The van der Waals surface area contributed by atoms with Crippen molar-refractivity contribution in [1.82, 2.24) is 0 Å². The van der Waals surface area contributed by atoms with E-state index in [0.29, 0.717) is 23.9 Å². The summed E-state index contributed by atoms with van der Waals surface area (Å²) in [5.41, 5.74) is 0. The molecule has 1 N–H and O–H groups in total. The van der Waals surface area contributed by atoms with Crippen molar-refractivity contribution in [2.24, 2.45) is 0 Å². The van der Waals surface area contributed by atoms with Gasteiger partial charge in [0.1, 0.15) is 13.2 Å². The molecule has 0 rings (SSSR count). The van der Waals surface area contributed by atoms with Gasteiger partial charge in [-0.2, -0.15) is 0 Å². The van der Waals surface area contributed by atoms with Crippen LogP contribution in [0.3, 0.4) is 0 Å². The number of allylic oxidation sites excluding steroid dienone is 30. The first-order valence-corrected chi connectivity index (χ1v) is 30.9. The van der Waals surface area contributed by atoms with Gasteiger partial charge in [0.2, 0.25) is 0 Å². The number of carboxylic acids is 1. The summed E-state index contributed by atoms with van der Waals surface area (Å²) < 4.78 is 22.8. The first-order chi connectivity index (χ1) is 39.6. The molecule has 0 aromatic rings. The number of hydrogen-bond acceptors (Lipinski definition) is 7. The van der Waals surface area contributed by atoms with Crippen LogP contribution >= 0.6 is 0 Å². The molecule has 0 heterocycles. The Bertz CT molecular complexity index is 1980. The Labute approximate surface area is 494 Å². The van der Waals surface area contributed by atoms with E-state index in [1.165, 1.54) is 12.8 Å². The Morgan fingerprint density at radius 2 is 0.667 bits per heavy atom. The monoisotopic (exact) mass is 1120 g/mol. The number of carbonyl (C=O) groups excluding carboxylic acids is 2. The molecule has 0 aliphatic heterocycles. The Hall–Kier alpha value is -5.61. The van der Waals surface area contributed by atoms with E-state index < -0.39 is 30.3 Å². The predicted octanol–water partition coefficient (Wildman–Crippen LogP) is 18.9. The van der Waals surface area contributed by atoms with Gasteiger partial charge in [-0.15, -0.1) is 0 Å². The summed E-state index contributed by atoms with van der Waals surface area (Å²) >= 11 is 0. The number of unbranched alkanes of at least 4 members (excludes halogenated alkanes) is 9. The lowest BCUT2D eigenvalue weighted by molar-refractivity contribution is -0.870. The van der Waals surface area contributed by atoms with Crippen molar-refractivity contribution in [2.75, 3.05) is 47.5 Å². The van der Waals surface area contributed by atoms with Crippen molar-refractivity contribution in [3.05, 3.63) is 182 Å². The highest BCUT2D eigenvalue weighted by Gasteiger charge is 2.25. The molecule has 0 aliphatic carbocycles. The zero-order valence-corrected chi connectivity index (χ0v) is 51.4. The van der Waals surface area contributed by atoms with Gasteiger partial charge >= 0.3 is 17.9 Å². The van der Waals surface area contributed by atoms with E-state index in [9.17, 15) is 19.5 Å². The Balaban J connectivity index is 4.23. The minimum atomic E-state index is -1.53. The zero-order valence-electron chi connectivity index (χ0n) is 51.4. The maximum absolute atomic E-state index is 12.9. The normalized spacial score (nSPS) is 14.0. The molecule has 0 fully saturated rings. The second-order valence-corrected chi connectivity index (χ2v) is 20.9. The number of rotatable bonds is 54. The van der Waals surface area contributed by atoms with E-state index in [2.05, 4.69) is 196 Å². The van der Waals surface area contributed by atoms with E-state index in [-0.39, 0.29) is 32.7 Å². The molecular formula is C72H112NO8+. The van der Waals surface area contributed by atoms with Gasteiger partial charge < -0.3 is 28.5 Å². The van der Waals surface area contributed by atoms with Gasteiger partial charge in [-0.25, -0.2) is 4.79 Å². The summed E-state index contributed by atoms with van der Waals surface area (Å²) in [5.74, 6) is -2.10. The molecule has 0 saturated carbocycles. The van der Waals surface area contributed by atoms with E-state index in [1.54, 1.807) is 0 Å². The molecule has 0 aromatic heterocycles. The molecule has 81 heavy (non-hydrogen) atoms. The number of aliphatic carboxylic acids is 1. The molecule has 0 aromatic carbocycles. The van der Waals surface area contributed by atoms with Gasteiger partial charge in [0.25, 0.3) is 6.29 Å². The number of nitrogens with zero attached hydrogens (tertiary/aromatic N) is 1. The van der Waals surface area contributed by atoms with Gasteiger partial charge in [0.15, 0.2) is 6.10 Å². The van der Waals surface area contributed by atoms with Crippen LogP contribution in [0.15, 0.2) is 182 Å². The molecule has 0 spiro atoms. The minimum Gasteiger partial charge on any atom is -0.477 e. The quantitative estimate of drug-likeness (QED) is 0.0211. The van der Waals surface area contributed by atoms with E-state index in [1.807, 2.05) is 21.1 Å². The number of esters is 2. The molecule has 9 heteroatoms. The number of ether oxygens (including phenoxy) is 4. The second-order valence-electron chi connectivity index (χ2n) is 20.9. The summed E-state index contributed by atoms with van der Waals surface area (Å²) in [7, 11) is 5.93. The Morgan fingerprint density at radius 1 is 0.370 bits per heavy atom. The lowest BCUT2D eigenvalue weighted by Gasteiger charge is -2.25. The summed E-state index contributed by atoms with van der Waals surface area (Å²) in [5, 5.41) is 9.70. The average molecular weight is 1120 g/mol. The number of likely N-dealkylation sites (N-methyl/N-ethyl adjacent to an activating group) is 1. The smallest absolute Gasteiger partial charge is 0.361 e. The van der Waals surface area contributed by atoms with Crippen molar-refractivity contribution in [3.8, 4) is 0 Å². The second kappa shape index (κ2) is 60.5. The molecule has 2 atom stereocenters. The SMILES string of the molecule is CC/C=C\C/C=C\C/C=C\C/C=C\C/C=C\C/C=C\C/C=C\C/C=C\C/C=C\C/C=C\C/C=C\CCCCCCCCCC(=O)OC(COC(=O)CCCC/C=C\C/C=C\C/C=C\C/C=C\CC)COC(OCC[N+](C)(C)C)C(=O)O. The minimum absolute atomic E-state index is 0.168. The van der Waals surface area contributed by atoms with Gasteiger partial charge in [0.05, 0.1) is 34.4 Å². The molecule has 0 aliphatic rings. The molecule has 0 radical (unpaired) electrons. The van der Waals surface area contributed by atoms with E-state index in [4.69, 9.17) is 18.9 Å². The Morgan fingerprint density at radius 3 is 1.01 bits per heavy atom. The first-order valence-electron chi connectivity index (χ1n) is 30.9. The summed E-state index contributed by atoms with van der Waals surface area (Å²) in [4.78, 5) is 37.4. The van der Waals surface area contributed by atoms with E-state index >= 15 is 0 Å². The number of hydrogen-bond donors (Lipinski definition) is 1. The van der Waals surface area contributed by atoms with Crippen LogP contribution in [-0.2, 0) is 33.3 Å². The summed E-state index contributed by atoms with van der Waals surface area (Å²) in [6.07, 6.45) is 89.9. The molecule has 452 valence electrons. The van der Waals surface area contributed by atoms with E-state index in [0.717, 1.165) is 141 Å². The van der Waals surface area contributed by atoms with Crippen LogP contribution in [0.2, 0.25) is 0 Å². The van der Waals surface area contributed by atoms with Gasteiger partial charge in [-0.05, 0) is 135 Å². The topological polar surface area (TPSA) is 108 Å². The zero-order chi connectivity index (χ0) is 59.1. The van der Waals surface area contributed by atoms with Crippen LogP contribution in [0, 0.1) is 0 Å². The summed E-state index contributed by atoms with van der Waals surface area (Å²) in [6.45, 7) is 4.54. The maximum Gasteiger partial charge on any atom is 0.361 e. The molecule has 9 nitrogen and oxygen atoms in total. The lowest BCUT2D eigenvalue weighted by Crippen LogP contribution is -2.40. The highest BCUT2D eigenvalue weighted by Crippen LogP contribution is 2.13. The van der Waals surface area contributed by atoms with Crippen LogP contribution in [0.1, 0.15) is 194 Å². The van der Waals surface area contributed by atoms with Crippen molar-refractivity contribution >= 4 is 17.9 Å². The van der Waals surface area contributed by atoms with Crippen molar-refractivity contribution in [1.29, 1.82) is 0 Å². The van der Waals surface area contributed by atoms with Crippen LogP contribution in [0.4, 0.5) is 0 Å². The molecular weight excluding hydrogens is 1010 g/mol. The largest absolute Gasteiger partial charge is 0.477 e. The van der Waals surface area contributed by atoms with Crippen LogP contribution in [0.25, 0.3) is 0 Å². The Kier molecular flexibility index (Phi) is 56.3. The maximum atomic E-state index is 12.9.